The maximum atomic E-state index is 6.40. The van der Waals surface area contributed by atoms with Gasteiger partial charge in [-0.3, -0.25) is 9.67 Å². The Labute approximate surface area is 131 Å². The van der Waals surface area contributed by atoms with Gasteiger partial charge in [0, 0.05) is 12.2 Å². The summed E-state index contributed by atoms with van der Waals surface area (Å²) in [5.74, 6) is 0. The zero-order chi connectivity index (χ0) is 15.6. The van der Waals surface area contributed by atoms with Gasteiger partial charge < -0.3 is 5.32 Å². The third-order valence-electron chi connectivity index (χ3n) is 3.49. The number of nitrogens with one attached hydrogen (secondary N) is 1. The van der Waals surface area contributed by atoms with Gasteiger partial charge in [-0.15, -0.1) is 0 Å². The molecule has 114 valence electrons. The van der Waals surface area contributed by atoms with Crippen LogP contribution in [0.1, 0.15) is 55.4 Å². The molecule has 4 nitrogen and oxygen atoms in total. The van der Waals surface area contributed by atoms with Crippen LogP contribution in [0.2, 0.25) is 5.02 Å². The number of nitrogens with zero attached hydrogens (tertiary/aromatic N) is 3. The molecule has 0 amide bonds. The molecule has 21 heavy (non-hydrogen) atoms. The van der Waals surface area contributed by atoms with Gasteiger partial charge in [-0.25, -0.2) is 0 Å². The number of halogens is 1. The van der Waals surface area contributed by atoms with E-state index in [1.807, 2.05) is 10.9 Å². The Morgan fingerprint density at radius 2 is 2.00 bits per heavy atom. The van der Waals surface area contributed by atoms with Gasteiger partial charge in [0.25, 0.3) is 0 Å². The van der Waals surface area contributed by atoms with E-state index in [0.29, 0.717) is 5.02 Å². The maximum absolute atomic E-state index is 6.40. The average molecular weight is 307 g/mol. The molecule has 0 aliphatic carbocycles. The van der Waals surface area contributed by atoms with E-state index >= 15 is 0 Å². The highest BCUT2D eigenvalue weighted by atomic mass is 35.5. The zero-order valence-electron chi connectivity index (χ0n) is 13.3. The molecule has 0 saturated heterocycles. The number of hydrogen-bond donors (Lipinski definition) is 1. The first-order valence-corrected chi connectivity index (χ1v) is 7.72. The summed E-state index contributed by atoms with van der Waals surface area (Å²) in [6, 6.07) is 2.35. The molecule has 1 unspecified atom stereocenters. The van der Waals surface area contributed by atoms with Crippen LogP contribution in [0.15, 0.2) is 18.5 Å². The summed E-state index contributed by atoms with van der Waals surface area (Å²) in [7, 11) is 0. The lowest BCUT2D eigenvalue weighted by atomic mass is 10.0. The molecule has 0 aliphatic heterocycles. The molecule has 1 atom stereocenters. The van der Waals surface area contributed by atoms with Crippen molar-refractivity contribution in [3.05, 3.63) is 46.0 Å². The monoisotopic (exact) mass is 306 g/mol. The van der Waals surface area contributed by atoms with Gasteiger partial charge in [0.15, 0.2) is 0 Å². The first-order chi connectivity index (χ1) is 9.95. The summed E-state index contributed by atoms with van der Waals surface area (Å²) < 4.78 is 1.97. The van der Waals surface area contributed by atoms with Gasteiger partial charge in [-0.2, -0.15) is 5.10 Å². The lowest BCUT2D eigenvalue weighted by molar-refractivity contribution is 0.472. The molecule has 0 aliphatic rings. The number of aromatic nitrogens is 3. The molecule has 0 radical (unpaired) electrons. The number of hydrogen-bond acceptors (Lipinski definition) is 3. The van der Waals surface area contributed by atoms with E-state index in [0.717, 1.165) is 29.1 Å². The molecule has 0 spiro atoms. The topological polar surface area (TPSA) is 42.7 Å². The van der Waals surface area contributed by atoms with Crippen LogP contribution in [0.4, 0.5) is 0 Å². The molecular formula is C16H23ClN4. The van der Waals surface area contributed by atoms with Crippen molar-refractivity contribution in [2.45, 2.75) is 46.7 Å². The third kappa shape index (κ3) is 3.27. The largest absolute Gasteiger partial charge is 0.304 e. The highest BCUT2D eigenvalue weighted by Gasteiger charge is 2.25. The van der Waals surface area contributed by atoms with Gasteiger partial charge in [0.1, 0.15) is 0 Å². The van der Waals surface area contributed by atoms with Crippen molar-refractivity contribution in [2.75, 3.05) is 6.54 Å². The van der Waals surface area contributed by atoms with Crippen molar-refractivity contribution < 1.29 is 0 Å². The molecule has 0 aromatic carbocycles. The second kappa shape index (κ2) is 6.58. The molecule has 5 heteroatoms. The van der Waals surface area contributed by atoms with Crippen molar-refractivity contribution in [2.24, 2.45) is 0 Å². The average Bonchev–Trinajstić information content (AvgIpc) is 2.79. The fourth-order valence-corrected chi connectivity index (χ4v) is 2.83. The second-order valence-electron chi connectivity index (χ2n) is 5.62. The highest BCUT2D eigenvalue weighted by molar-refractivity contribution is 6.31. The fraction of sp³-hybridized carbons (Fsp3) is 0.500. The Balaban J connectivity index is 2.56. The van der Waals surface area contributed by atoms with Crippen LogP contribution < -0.4 is 5.32 Å². The van der Waals surface area contributed by atoms with E-state index in [2.05, 4.69) is 56.1 Å². The molecule has 0 saturated carbocycles. The summed E-state index contributed by atoms with van der Waals surface area (Å²) in [5.41, 5.74) is 4.31. The second-order valence-corrected chi connectivity index (χ2v) is 6.03. The van der Waals surface area contributed by atoms with Crippen molar-refractivity contribution in [3.8, 4) is 0 Å². The Kier molecular flexibility index (Phi) is 5.01. The number of rotatable bonds is 5. The van der Waals surface area contributed by atoms with Crippen molar-refractivity contribution in [3.63, 3.8) is 0 Å². The molecule has 0 fully saturated rings. The molecule has 0 bridgehead atoms. The van der Waals surface area contributed by atoms with Crippen LogP contribution in [0.25, 0.3) is 0 Å². The predicted molar refractivity (Wildman–Crippen MR) is 86.9 cm³/mol. The molecular weight excluding hydrogens is 284 g/mol. The van der Waals surface area contributed by atoms with Crippen molar-refractivity contribution in [1.29, 1.82) is 0 Å². The Morgan fingerprint density at radius 1 is 1.29 bits per heavy atom. The zero-order valence-corrected chi connectivity index (χ0v) is 14.1. The minimum absolute atomic E-state index is 0.0481. The van der Waals surface area contributed by atoms with E-state index in [9.17, 15) is 0 Å². The normalized spacial score (nSPS) is 12.9. The van der Waals surface area contributed by atoms with Crippen molar-refractivity contribution in [1.82, 2.24) is 20.1 Å². The first-order valence-electron chi connectivity index (χ1n) is 7.35. The van der Waals surface area contributed by atoms with Crippen LogP contribution in [0.5, 0.6) is 0 Å². The van der Waals surface area contributed by atoms with E-state index in [1.54, 1.807) is 6.20 Å². The van der Waals surface area contributed by atoms with E-state index in [4.69, 9.17) is 11.6 Å². The smallest absolute Gasteiger partial charge is 0.0939 e. The Morgan fingerprint density at radius 3 is 2.57 bits per heavy atom. The van der Waals surface area contributed by atoms with Crippen LogP contribution in [0, 0.1) is 13.8 Å². The van der Waals surface area contributed by atoms with Crippen LogP contribution >= 0.6 is 11.6 Å². The maximum Gasteiger partial charge on any atom is 0.0939 e. The van der Waals surface area contributed by atoms with Gasteiger partial charge in [-0.05, 0) is 45.4 Å². The van der Waals surface area contributed by atoms with Crippen molar-refractivity contribution >= 4 is 11.6 Å². The third-order valence-corrected chi connectivity index (χ3v) is 3.78. The van der Waals surface area contributed by atoms with E-state index in [-0.39, 0.29) is 12.1 Å². The van der Waals surface area contributed by atoms with Crippen LogP contribution in [0.3, 0.4) is 0 Å². The van der Waals surface area contributed by atoms with Gasteiger partial charge >= 0.3 is 0 Å². The minimum Gasteiger partial charge on any atom is -0.304 e. The highest BCUT2D eigenvalue weighted by Crippen LogP contribution is 2.30. The summed E-state index contributed by atoms with van der Waals surface area (Å²) in [6.45, 7) is 11.3. The van der Waals surface area contributed by atoms with Gasteiger partial charge in [-0.1, -0.05) is 24.6 Å². The summed E-state index contributed by atoms with van der Waals surface area (Å²) in [5, 5.41) is 8.58. The van der Waals surface area contributed by atoms with Crippen LogP contribution in [-0.4, -0.2) is 21.3 Å². The molecule has 2 heterocycles. The van der Waals surface area contributed by atoms with Gasteiger partial charge in [0.05, 0.1) is 28.6 Å². The lowest BCUT2D eigenvalue weighted by Gasteiger charge is -2.23. The molecule has 2 aromatic rings. The molecule has 1 N–H and O–H groups in total. The number of aryl methyl sites for hydroxylation is 2. The quantitative estimate of drug-likeness (QED) is 0.913. The predicted octanol–water partition coefficient (Wildman–Crippen LogP) is 3.83. The SMILES string of the molecule is CCNC(c1ncc(C)cc1C)c1c(Cl)cnn1C(C)C. The Hall–Kier alpha value is -1.39. The minimum atomic E-state index is -0.0481. The summed E-state index contributed by atoms with van der Waals surface area (Å²) in [6.07, 6.45) is 3.61. The summed E-state index contributed by atoms with van der Waals surface area (Å²) in [4.78, 5) is 4.63. The van der Waals surface area contributed by atoms with E-state index in [1.165, 1.54) is 0 Å². The van der Waals surface area contributed by atoms with E-state index < -0.39 is 0 Å². The molecule has 2 rings (SSSR count). The standard InChI is InChI=1S/C16H23ClN4/c1-6-18-15(14-12(5)7-11(4)8-19-14)16-13(17)9-20-21(16)10(2)3/h7-10,15,18H,6H2,1-5H3. The lowest BCUT2D eigenvalue weighted by Crippen LogP contribution is -2.27. The molecule has 2 aromatic heterocycles. The Bertz CT molecular complexity index is 619. The van der Waals surface area contributed by atoms with Crippen LogP contribution in [-0.2, 0) is 0 Å². The first kappa shape index (κ1) is 16.0. The number of pyridine rings is 1. The fourth-order valence-electron chi connectivity index (χ4n) is 2.59. The van der Waals surface area contributed by atoms with Gasteiger partial charge in [0.2, 0.25) is 0 Å². The summed E-state index contributed by atoms with van der Waals surface area (Å²) >= 11 is 6.40.